The Morgan fingerprint density at radius 2 is 2.44 bits per heavy atom. The monoisotopic (exact) mass is 268 g/mol. The van der Waals surface area contributed by atoms with E-state index in [4.69, 9.17) is 10.9 Å². The standard InChI is InChI=1S/C11H16N4O2S/c12-9(15-17)11(3-1-4-11)10(16)14-5-2-8-13-6-7-18-8/h6-7,17H,1-5H2,(H2,12,15)(H,14,16). The Bertz CT molecular complexity index is 440. The zero-order valence-electron chi connectivity index (χ0n) is 9.93. The number of nitrogens with zero attached hydrogens (tertiary/aromatic N) is 2. The van der Waals surface area contributed by atoms with E-state index >= 15 is 0 Å². The smallest absolute Gasteiger partial charge is 0.233 e. The van der Waals surface area contributed by atoms with Gasteiger partial charge in [0.05, 0.1) is 5.01 Å². The number of amides is 1. The van der Waals surface area contributed by atoms with Gasteiger partial charge in [0.2, 0.25) is 5.91 Å². The minimum atomic E-state index is -0.794. The van der Waals surface area contributed by atoms with Gasteiger partial charge in [0, 0.05) is 24.5 Å². The highest BCUT2D eigenvalue weighted by Gasteiger charge is 2.48. The number of carbonyl (C=O) groups is 1. The predicted molar refractivity (Wildman–Crippen MR) is 68.5 cm³/mol. The Morgan fingerprint density at radius 3 is 2.94 bits per heavy atom. The van der Waals surface area contributed by atoms with E-state index in [1.54, 1.807) is 17.5 Å². The van der Waals surface area contributed by atoms with Crippen LogP contribution in [0.3, 0.4) is 0 Å². The van der Waals surface area contributed by atoms with Gasteiger partial charge in [-0.25, -0.2) is 4.98 Å². The molecule has 1 aromatic rings. The van der Waals surface area contributed by atoms with Crippen molar-refractivity contribution in [3.05, 3.63) is 16.6 Å². The molecule has 1 heterocycles. The minimum absolute atomic E-state index is 0.0144. The summed E-state index contributed by atoms with van der Waals surface area (Å²) in [5, 5.41) is 17.4. The molecule has 1 fully saturated rings. The number of hydrogen-bond acceptors (Lipinski definition) is 5. The van der Waals surface area contributed by atoms with E-state index in [0.29, 0.717) is 25.8 Å². The minimum Gasteiger partial charge on any atom is -0.409 e. The summed E-state index contributed by atoms with van der Waals surface area (Å²) in [5.74, 6) is -0.138. The highest BCUT2D eigenvalue weighted by molar-refractivity contribution is 7.09. The Kier molecular flexibility index (Phi) is 3.81. The fourth-order valence-corrected chi connectivity index (χ4v) is 2.67. The van der Waals surface area contributed by atoms with Crippen molar-refractivity contribution in [3.8, 4) is 0 Å². The van der Waals surface area contributed by atoms with Gasteiger partial charge in [0.25, 0.3) is 0 Å². The number of nitrogens with one attached hydrogen (secondary N) is 1. The molecule has 1 aliphatic carbocycles. The van der Waals surface area contributed by atoms with E-state index < -0.39 is 5.41 Å². The zero-order valence-corrected chi connectivity index (χ0v) is 10.7. The third kappa shape index (κ3) is 2.31. The predicted octanol–water partition coefficient (Wildman–Crippen LogP) is 0.718. The van der Waals surface area contributed by atoms with Crippen LogP contribution in [0, 0.1) is 5.41 Å². The lowest BCUT2D eigenvalue weighted by Crippen LogP contribution is -2.54. The average molecular weight is 268 g/mol. The number of nitrogens with two attached hydrogens (primary N) is 1. The molecule has 1 saturated carbocycles. The second-order valence-electron chi connectivity index (χ2n) is 4.35. The van der Waals surface area contributed by atoms with Gasteiger partial charge in [0.15, 0.2) is 5.84 Å². The van der Waals surface area contributed by atoms with Crippen molar-refractivity contribution in [1.82, 2.24) is 10.3 Å². The number of hydrogen-bond donors (Lipinski definition) is 3. The normalized spacial score (nSPS) is 18.1. The van der Waals surface area contributed by atoms with Gasteiger partial charge < -0.3 is 16.3 Å². The maximum absolute atomic E-state index is 12.1. The largest absolute Gasteiger partial charge is 0.409 e. The third-order valence-electron chi connectivity index (χ3n) is 3.35. The Balaban J connectivity index is 1.87. The Hall–Kier alpha value is -1.63. The molecule has 6 nitrogen and oxygen atoms in total. The lowest BCUT2D eigenvalue weighted by atomic mass is 9.67. The first-order valence-corrected chi connectivity index (χ1v) is 6.72. The molecule has 0 spiro atoms. The molecule has 0 radical (unpaired) electrons. The first-order valence-electron chi connectivity index (χ1n) is 5.84. The van der Waals surface area contributed by atoms with Crippen molar-refractivity contribution in [2.45, 2.75) is 25.7 Å². The summed E-state index contributed by atoms with van der Waals surface area (Å²) < 4.78 is 0. The Morgan fingerprint density at radius 1 is 1.67 bits per heavy atom. The van der Waals surface area contributed by atoms with E-state index in [2.05, 4.69) is 15.5 Å². The molecule has 7 heteroatoms. The van der Waals surface area contributed by atoms with Crippen LogP contribution in [0.2, 0.25) is 0 Å². The maximum atomic E-state index is 12.1. The SMILES string of the molecule is N/C(=N/O)C1(C(=O)NCCc2nccs2)CCC1. The van der Waals surface area contributed by atoms with Gasteiger partial charge in [-0.1, -0.05) is 11.6 Å². The fourth-order valence-electron chi connectivity index (χ4n) is 2.05. The van der Waals surface area contributed by atoms with E-state index in [1.165, 1.54) is 0 Å². The van der Waals surface area contributed by atoms with Gasteiger partial charge in [-0.2, -0.15) is 0 Å². The van der Waals surface area contributed by atoms with Crippen LogP contribution in [0.1, 0.15) is 24.3 Å². The summed E-state index contributed by atoms with van der Waals surface area (Å²) in [4.78, 5) is 16.2. The zero-order chi connectivity index (χ0) is 13.0. The highest BCUT2D eigenvalue weighted by atomic mass is 32.1. The van der Waals surface area contributed by atoms with Crippen LogP contribution >= 0.6 is 11.3 Å². The second kappa shape index (κ2) is 5.34. The quantitative estimate of drug-likeness (QED) is 0.317. The average Bonchev–Trinajstić information content (AvgIpc) is 2.80. The lowest BCUT2D eigenvalue weighted by Gasteiger charge is -2.38. The van der Waals surface area contributed by atoms with Crippen molar-refractivity contribution in [2.75, 3.05) is 6.54 Å². The van der Waals surface area contributed by atoms with Crippen molar-refractivity contribution >= 4 is 23.1 Å². The van der Waals surface area contributed by atoms with Gasteiger partial charge in [0.1, 0.15) is 5.41 Å². The molecule has 0 aromatic carbocycles. The van der Waals surface area contributed by atoms with Crippen LogP contribution in [0.25, 0.3) is 0 Å². The number of amidine groups is 1. The Labute approximate surface area is 109 Å². The highest BCUT2D eigenvalue weighted by Crippen LogP contribution is 2.41. The molecular formula is C11H16N4O2S. The van der Waals surface area contributed by atoms with Crippen LogP contribution in [-0.2, 0) is 11.2 Å². The van der Waals surface area contributed by atoms with Crippen molar-refractivity contribution in [3.63, 3.8) is 0 Å². The molecular weight excluding hydrogens is 252 g/mol. The third-order valence-corrected chi connectivity index (χ3v) is 4.19. The van der Waals surface area contributed by atoms with Crippen molar-refractivity contribution in [2.24, 2.45) is 16.3 Å². The van der Waals surface area contributed by atoms with Crippen LogP contribution in [0.15, 0.2) is 16.7 Å². The molecule has 0 aliphatic heterocycles. The van der Waals surface area contributed by atoms with Crippen LogP contribution in [0.4, 0.5) is 0 Å². The summed E-state index contributed by atoms with van der Waals surface area (Å²) in [5.41, 5.74) is 4.82. The maximum Gasteiger partial charge on any atom is 0.233 e. The van der Waals surface area contributed by atoms with E-state index in [0.717, 1.165) is 11.4 Å². The molecule has 1 amide bonds. The molecule has 2 rings (SSSR count). The van der Waals surface area contributed by atoms with Crippen LogP contribution in [-0.4, -0.2) is 28.5 Å². The lowest BCUT2D eigenvalue weighted by molar-refractivity contribution is -0.131. The molecule has 18 heavy (non-hydrogen) atoms. The molecule has 0 saturated heterocycles. The molecule has 1 aliphatic rings. The summed E-state index contributed by atoms with van der Waals surface area (Å²) in [6, 6.07) is 0. The van der Waals surface area contributed by atoms with E-state index in [1.807, 2.05) is 5.38 Å². The summed E-state index contributed by atoms with van der Waals surface area (Å²) >= 11 is 1.56. The van der Waals surface area contributed by atoms with Crippen molar-refractivity contribution in [1.29, 1.82) is 0 Å². The first-order chi connectivity index (χ1) is 8.69. The number of rotatable bonds is 5. The molecule has 98 valence electrons. The molecule has 1 aromatic heterocycles. The first kappa shape index (κ1) is 12.8. The number of oxime groups is 1. The molecule has 0 unspecified atom stereocenters. The molecule has 0 bridgehead atoms. The summed E-state index contributed by atoms with van der Waals surface area (Å²) in [7, 11) is 0. The van der Waals surface area contributed by atoms with Crippen molar-refractivity contribution < 1.29 is 10.0 Å². The van der Waals surface area contributed by atoms with Gasteiger partial charge >= 0.3 is 0 Å². The summed E-state index contributed by atoms with van der Waals surface area (Å²) in [6.45, 7) is 0.521. The van der Waals surface area contributed by atoms with E-state index in [-0.39, 0.29) is 11.7 Å². The van der Waals surface area contributed by atoms with E-state index in [9.17, 15) is 4.79 Å². The second-order valence-corrected chi connectivity index (χ2v) is 5.33. The molecule has 0 atom stereocenters. The molecule has 4 N–H and O–H groups in total. The van der Waals surface area contributed by atoms with Crippen LogP contribution in [0.5, 0.6) is 0 Å². The topological polar surface area (TPSA) is 101 Å². The van der Waals surface area contributed by atoms with Gasteiger partial charge in [-0.05, 0) is 12.8 Å². The summed E-state index contributed by atoms with van der Waals surface area (Å²) in [6.07, 6.45) is 4.66. The fraction of sp³-hybridized carbons (Fsp3) is 0.545. The number of thiazole rings is 1. The number of aromatic nitrogens is 1. The van der Waals surface area contributed by atoms with Crippen LogP contribution < -0.4 is 11.1 Å². The number of carbonyl (C=O) groups excluding carboxylic acids is 1. The van der Waals surface area contributed by atoms with Gasteiger partial charge in [-0.3, -0.25) is 4.79 Å². The van der Waals surface area contributed by atoms with Gasteiger partial charge in [-0.15, -0.1) is 11.3 Å².